The van der Waals surface area contributed by atoms with E-state index in [4.69, 9.17) is 4.42 Å². The number of carbonyl (C=O) groups excluding carboxylic acids is 1. The molecule has 0 radical (unpaired) electrons. The Morgan fingerprint density at radius 3 is 2.63 bits per heavy atom. The minimum absolute atomic E-state index is 0.00907. The SMILES string of the molecule is O=C(NCc1cnn(-c2ccccc2)c1)C1CCN(c2nc3ccccc3o2)CC1. The van der Waals surface area contributed by atoms with E-state index in [2.05, 4.69) is 20.3 Å². The average Bonchev–Trinajstić information content (AvgIpc) is 3.45. The van der Waals surface area contributed by atoms with Crippen LogP contribution in [0.15, 0.2) is 71.4 Å². The fraction of sp³-hybridized carbons (Fsp3) is 0.261. The first-order valence-corrected chi connectivity index (χ1v) is 10.2. The van der Waals surface area contributed by atoms with Gasteiger partial charge in [-0.15, -0.1) is 0 Å². The van der Waals surface area contributed by atoms with Crippen molar-refractivity contribution >= 4 is 23.0 Å². The molecular formula is C23H23N5O2. The molecule has 1 aliphatic heterocycles. The van der Waals surface area contributed by atoms with Gasteiger partial charge in [-0.1, -0.05) is 30.3 Å². The van der Waals surface area contributed by atoms with Crippen molar-refractivity contribution in [2.45, 2.75) is 19.4 Å². The molecule has 152 valence electrons. The number of hydrogen-bond acceptors (Lipinski definition) is 5. The zero-order valence-electron chi connectivity index (χ0n) is 16.6. The van der Waals surface area contributed by atoms with Crippen molar-refractivity contribution < 1.29 is 9.21 Å². The molecule has 1 N–H and O–H groups in total. The summed E-state index contributed by atoms with van der Waals surface area (Å²) < 4.78 is 7.67. The van der Waals surface area contributed by atoms with Gasteiger partial charge in [0.2, 0.25) is 5.91 Å². The van der Waals surface area contributed by atoms with Gasteiger partial charge in [0, 0.05) is 37.3 Å². The molecule has 0 spiro atoms. The molecular weight excluding hydrogens is 378 g/mol. The third kappa shape index (κ3) is 3.78. The van der Waals surface area contributed by atoms with Crippen LogP contribution in [0.4, 0.5) is 6.01 Å². The number of nitrogens with zero attached hydrogens (tertiary/aromatic N) is 4. The Labute approximate surface area is 174 Å². The molecule has 1 amide bonds. The Morgan fingerprint density at radius 2 is 1.83 bits per heavy atom. The summed E-state index contributed by atoms with van der Waals surface area (Å²) in [6.45, 7) is 2.00. The number of piperidine rings is 1. The van der Waals surface area contributed by atoms with E-state index in [0.717, 1.165) is 48.3 Å². The molecule has 1 saturated heterocycles. The molecule has 0 saturated carbocycles. The Balaban J connectivity index is 1.14. The molecule has 5 rings (SSSR count). The van der Waals surface area contributed by atoms with Crippen LogP contribution in [0.1, 0.15) is 18.4 Å². The molecule has 7 heteroatoms. The monoisotopic (exact) mass is 401 g/mol. The van der Waals surface area contributed by atoms with Crippen molar-refractivity contribution in [3.8, 4) is 5.69 Å². The number of aromatic nitrogens is 3. The van der Waals surface area contributed by atoms with Gasteiger partial charge in [-0.2, -0.15) is 10.1 Å². The molecule has 7 nitrogen and oxygen atoms in total. The van der Waals surface area contributed by atoms with Gasteiger partial charge in [0.25, 0.3) is 6.01 Å². The molecule has 1 fully saturated rings. The highest BCUT2D eigenvalue weighted by Crippen LogP contribution is 2.26. The van der Waals surface area contributed by atoms with E-state index in [0.29, 0.717) is 12.6 Å². The predicted octanol–water partition coefficient (Wildman–Crippen LogP) is 3.55. The normalized spacial score (nSPS) is 14.9. The topological polar surface area (TPSA) is 76.2 Å². The average molecular weight is 401 g/mol. The Morgan fingerprint density at radius 1 is 1.07 bits per heavy atom. The summed E-state index contributed by atoms with van der Waals surface area (Å²) in [5.41, 5.74) is 3.64. The van der Waals surface area contributed by atoms with Gasteiger partial charge in [0.1, 0.15) is 5.52 Å². The van der Waals surface area contributed by atoms with E-state index in [9.17, 15) is 4.79 Å². The van der Waals surface area contributed by atoms with Crippen LogP contribution < -0.4 is 10.2 Å². The molecule has 4 aromatic rings. The maximum absolute atomic E-state index is 12.6. The molecule has 0 unspecified atom stereocenters. The van der Waals surface area contributed by atoms with Crippen LogP contribution in [-0.2, 0) is 11.3 Å². The second-order valence-electron chi connectivity index (χ2n) is 7.57. The summed E-state index contributed by atoms with van der Waals surface area (Å²) in [5.74, 6) is 0.106. The third-order valence-electron chi connectivity index (χ3n) is 5.54. The number of rotatable bonds is 5. The summed E-state index contributed by atoms with van der Waals surface area (Å²) in [5, 5.41) is 7.44. The minimum atomic E-state index is 0.00907. The van der Waals surface area contributed by atoms with Crippen LogP contribution in [0, 0.1) is 5.92 Å². The first-order chi connectivity index (χ1) is 14.8. The van der Waals surface area contributed by atoms with Gasteiger partial charge in [0.05, 0.1) is 11.9 Å². The number of hydrogen-bond donors (Lipinski definition) is 1. The van der Waals surface area contributed by atoms with Gasteiger partial charge in [-0.3, -0.25) is 4.79 Å². The highest BCUT2D eigenvalue weighted by molar-refractivity contribution is 5.79. The van der Waals surface area contributed by atoms with E-state index in [1.807, 2.05) is 65.5 Å². The van der Waals surface area contributed by atoms with Crippen LogP contribution in [0.5, 0.6) is 0 Å². The van der Waals surface area contributed by atoms with E-state index in [1.54, 1.807) is 6.20 Å². The summed E-state index contributed by atoms with van der Waals surface area (Å²) in [4.78, 5) is 19.3. The van der Waals surface area contributed by atoms with Gasteiger partial charge in [0.15, 0.2) is 5.58 Å². The fourth-order valence-electron chi connectivity index (χ4n) is 3.84. The van der Waals surface area contributed by atoms with Gasteiger partial charge < -0.3 is 14.6 Å². The van der Waals surface area contributed by atoms with Crippen molar-refractivity contribution in [2.75, 3.05) is 18.0 Å². The lowest BCUT2D eigenvalue weighted by Crippen LogP contribution is -2.40. The number of oxazole rings is 1. The quantitative estimate of drug-likeness (QED) is 0.554. The van der Waals surface area contributed by atoms with Crippen LogP contribution in [-0.4, -0.2) is 33.8 Å². The van der Waals surface area contributed by atoms with E-state index in [1.165, 1.54) is 0 Å². The second-order valence-corrected chi connectivity index (χ2v) is 7.57. The van der Waals surface area contributed by atoms with E-state index >= 15 is 0 Å². The smallest absolute Gasteiger partial charge is 0.298 e. The molecule has 2 aromatic heterocycles. The van der Waals surface area contributed by atoms with E-state index in [-0.39, 0.29) is 11.8 Å². The van der Waals surface area contributed by atoms with Crippen LogP contribution in [0.3, 0.4) is 0 Å². The number of benzene rings is 2. The molecule has 30 heavy (non-hydrogen) atoms. The summed E-state index contributed by atoms with van der Waals surface area (Å²) in [6.07, 6.45) is 5.32. The van der Waals surface area contributed by atoms with E-state index < -0.39 is 0 Å². The third-order valence-corrected chi connectivity index (χ3v) is 5.54. The molecule has 1 aliphatic rings. The van der Waals surface area contributed by atoms with Crippen molar-refractivity contribution in [3.63, 3.8) is 0 Å². The maximum Gasteiger partial charge on any atom is 0.298 e. The van der Waals surface area contributed by atoms with Crippen molar-refractivity contribution in [2.24, 2.45) is 5.92 Å². The summed E-state index contributed by atoms with van der Waals surface area (Å²) >= 11 is 0. The number of fused-ring (bicyclic) bond motifs is 1. The second kappa shape index (κ2) is 8.02. The van der Waals surface area contributed by atoms with Crippen molar-refractivity contribution in [3.05, 3.63) is 72.6 Å². The lowest BCUT2D eigenvalue weighted by Gasteiger charge is -2.30. The van der Waals surface area contributed by atoms with Gasteiger partial charge in [-0.05, 0) is 37.1 Å². The number of para-hydroxylation sites is 3. The van der Waals surface area contributed by atoms with Gasteiger partial charge >= 0.3 is 0 Å². The number of carbonyl (C=O) groups is 1. The molecule has 2 aromatic carbocycles. The van der Waals surface area contributed by atoms with Crippen LogP contribution in [0.25, 0.3) is 16.8 Å². The Kier molecular flexibility index (Phi) is 4.93. The highest BCUT2D eigenvalue weighted by Gasteiger charge is 2.27. The number of amides is 1. The first-order valence-electron chi connectivity index (χ1n) is 10.2. The fourth-order valence-corrected chi connectivity index (χ4v) is 3.84. The largest absolute Gasteiger partial charge is 0.423 e. The van der Waals surface area contributed by atoms with Crippen LogP contribution in [0.2, 0.25) is 0 Å². The number of nitrogens with one attached hydrogen (secondary N) is 1. The Hall–Kier alpha value is -3.61. The lowest BCUT2D eigenvalue weighted by molar-refractivity contribution is -0.125. The standard InChI is InChI=1S/C23H23N5O2/c29-22(24-14-17-15-25-28(16-17)19-6-2-1-3-7-19)18-10-12-27(13-11-18)23-26-20-8-4-5-9-21(20)30-23/h1-9,15-16,18H,10-14H2,(H,24,29). The summed E-state index contributed by atoms with van der Waals surface area (Å²) in [6, 6.07) is 18.3. The van der Waals surface area contributed by atoms with Crippen molar-refractivity contribution in [1.29, 1.82) is 0 Å². The molecule has 0 aliphatic carbocycles. The summed E-state index contributed by atoms with van der Waals surface area (Å²) in [7, 11) is 0. The van der Waals surface area contributed by atoms with Crippen LogP contribution >= 0.6 is 0 Å². The minimum Gasteiger partial charge on any atom is -0.423 e. The number of anilines is 1. The molecule has 0 atom stereocenters. The lowest BCUT2D eigenvalue weighted by atomic mass is 9.96. The highest BCUT2D eigenvalue weighted by atomic mass is 16.4. The first kappa shape index (κ1) is 18.4. The predicted molar refractivity (Wildman–Crippen MR) is 114 cm³/mol. The maximum atomic E-state index is 12.6. The van der Waals surface area contributed by atoms with Crippen molar-refractivity contribution in [1.82, 2.24) is 20.1 Å². The molecule has 3 heterocycles. The molecule has 0 bridgehead atoms. The zero-order valence-corrected chi connectivity index (χ0v) is 16.6. The Bertz CT molecular complexity index is 1110. The van der Waals surface area contributed by atoms with Gasteiger partial charge in [-0.25, -0.2) is 4.68 Å². The zero-order chi connectivity index (χ0) is 20.3.